The number of ether oxygens (including phenoxy) is 2. The van der Waals surface area contributed by atoms with E-state index >= 15 is 0 Å². The van der Waals surface area contributed by atoms with Gasteiger partial charge < -0.3 is 9.47 Å². The largest absolute Gasteiger partial charge is 0.496 e. The third kappa shape index (κ3) is 1.50. The van der Waals surface area contributed by atoms with E-state index in [9.17, 15) is 4.79 Å². The number of allylic oxidation sites excluding steroid dienone is 1. The molecule has 0 aliphatic heterocycles. The van der Waals surface area contributed by atoms with E-state index < -0.39 is 0 Å². The summed E-state index contributed by atoms with van der Waals surface area (Å²) in [5.74, 6) is 0.532. The maximum atomic E-state index is 11.4. The van der Waals surface area contributed by atoms with Crippen molar-refractivity contribution in [3.8, 4) is 5.75 Å². The lowest BCUT2D eigenvalue weighted by Gasteiger charge is -2.08. The molecule has 0 spiro atoms. The number of fused-ring (bicyclic) bond motifs is 1. The first kappa shape index (κ1) is 9.77. The summed E-state index contributed by atoms with van der Waals surface area (Å²) in [7, 11) is 3.02. The molecule has 3 heteroatoms. The zero-order valence-electron chi connectivity index (χ0n) is 8.74. The van der Waals surface area contributed by atoms with E-state index in [1.807, 2.05) is 24.3 Å². The average molecular weight is 204 g/mol. The van der Waals surface area contributed by atoms with Crippen LogP contribution in [0.15, 0.2) is 24.3 Å². The molecule has 15 heavy (non-hydrogen) atoms. The minimum Gasteiger partial charge on any atom is -0.496 e. The summed E-state index contributed by atoms with van der Waals surface area (Å²) < 4.78 is 9.95. The van der Waals surface area contributed by atoms with Gasteiger partial charge in [-0.3, -0.25) is 0 Å². The zero-order valence-corrected chi connectivity index (χ0v) is 8.74. The Kier molecular flexibility index (Phi) is 2.46. The Morgan fingerprint density at radius 2 is 2.13 bits per heavy atom. The lowest BCUT2D eigenvalue weighted by Crippen LogP contribution is -2.02. The van der Waals surface area contributed by atoms with Crippen LogP contribution in [0, 0.1) is 0 Å². The smallest absolute Gasteiger partial charge is 0.338 e. The van der Waals surface area contributed by atoms with Gasteiger partial charge in [0, 0.05) is 5.56 Å². The first-order valence-corrected chi connectivity index (χ1v) is 4.72. The van der Waals surface area contributed by atoms with Gasteiger partial charge in [-0.1, -0.05) is 18.2 Å². The summed E-state index contributed by atoms with van der Waals surface area (Å²) >= 11 is 0. The Hall–Kier alpha value is -1.77. The first-order valence-electron chi connectivity index (χ1n) is 4.72. The molecule has 1 aliphatic rings. The molecule has 0 radical (unpaired) electrons. The molecule has 0 N–H and O–H groups in total. The Bertz CT molecular complexity index is 432. The lowest BCUT2D eigenvalue weighted by molar-refractivity contribution is -0.133. The van der Waals surface area contributed by atoms with Crippen molar-refractivity contribution in [1.82, 2.24) is 0 Å². The van der Waals surface area contributed by atoms with E-state index in [-0.39, 0.29) is 5.97 Å². The van der Waals surface area contributed by atoms with Gasteiger partial charge in [0.1, 0.15) is 5.75 Å². The molecule has 0 atom stereocenters. The molecule has 0 saturated heterocycles. The standard InChI is InChI=1S/C12H12O3/c1-14-11-5-3-4-8-9(11)6-7-10(8)12(13)15-2/h3-5,7H,6H2,1-2H3. The van der Waals surface area contributed by atoms with Crippen molar-refractivity contribution >= 4 is 11.5 Å². The lowest BCUT2D eigenvalue weighted by atomic mass is 10.1. The maximum absolute atomic E-state index is 11.4. The summed E-state index contributed by atoms with van der Waals surface area (Å²) in [6, 6.07) is 5.68. The molecule has 0 aromatic heterocycles. The highest BCUT2D eigenvalue weighted by Crippen LogP contribution is 2.34. The number of rotatable bonds is 2. The summed E-state index contributed by atoms with van der Waals surface area (Å²) in [6.45, 7) is 0. The molecule has 1 aromatic rings. The van der Waals surface area contributed by atoms with E-state index in [0.29, 0.717) is 5.57 Å². The van der Waals surface area contributed by atoms with Crippen molar-refractivity contribution in [1.29, 1.82) is 0 Å². The molecule has 3 nitrogen and oxygen atoms in total. The van der Waals surface area contributed by atoms with Crippen LogP contribution in [-0.4, -0.2) is 20.2 Å². The van der Waals surface area contributed by atoms with Gasteiger partial charge in [0.2, 0.25) is 0 Å². The molecule has 0 unspecified atom stereocenters. The summed E-state index contributed by atoms with van der Waals surface area (Å²) in [6.07, 6.45) is 2.60. The van der Waals surface area contributed by atoms with Gasteiger partial charge in [0.05, 0.1) is 19.8 Å². The number of esters is 1. The molecule has 0 heterocycles. The van der Waals surface area contributed by atoms with E-state index in [1.165, 1.54) is 7.11 Å². The van der Waals surface area contributed by atoms with Gasteiger partial charge in [0.15, 0.2) is 0 Å². The van der Waals surface area contributed by atoms with Crippen molar-refractivity contribution in [3.63, 3.8) is 0 Å². The second-order valence-electron chi connectivity index (χ2n) is 3.30. The van der Waals surface area contributed by atoms with E-state index in [1.54, 1.807) is 7.11 Å². The van der Waals surface area contributed by atoms with Crippen LogP contribution in [0.1, 0.15) is 11.1 Å². The SMILES string of the molecule is COC(=O)C1=CCc2c(OC)cccc21. The van der Waals surface area contributed by atoms with E-state index in [0.717, 1.165) is 23.3 Å². The van der Waals surface area contributed by atoms with E-state index in [4.69, 9.17) is 9.47 Å². The van der Waals surface area contributed by atoms with Crippen LogP contribution < -0.4 is 4.74 Å². The number of carbonyl (C=O) groups excluding carboxylic acids is 1. The molecule has 2 rings (SSSR count). The predicted octanol–water partition coefficient (Wildman–Crippen LogP) is 1.81. The van der Waals surface area contributed by atoms with Gasteiger partial charge in [-0.2, -0.15) is 0 Å². The van der Waals surface area contributed by atoms with Crippen molar-refractivity contribution in [2.24, 2.45) is 0 Å². The number of carbonyl (C=O) groups is 1. The zero-order chi connectivity index (χ0) is 10.8. The minimum absolute atomic E-state index is 0.290. The quantitative estimate of drug-likeness (QED) is 0.689. The molecule has 0 bridgehead atoms. The van der Waals surface area contributed by atoms with Gasteiger partial charge in [0.25, 0.3) is 0 Å². The second-order valence-corrected chi connectivity index (χ2v) is 3.30. The van der Waals surface area contributed by atoms with Crippen LogP contribution in [0.3, 0.4) is 0 Å². The van der Waals surface area contributed by atoms with Crippen molar-refractivity contribution in [2.45, 2.75) is 6.42 Å². The topological polar surface area (TPSA) is 35.5 Å². The van der Waals surface area contributed by atoms with Crippen LogP contribution in [0.5, 0.6) is 5.75 Å². The van der Waals surface area contributed by atoms with Crippen molar-refractivity contribution in [3.05, 3.63) is 35.4 Å². The third-order valence-corrected chi connectivity index (χ3v) is 2.56. The van der Waals surface area contributed by atoms with Gasteiger partial charge >= 0.3 is 5.97 Å². The molecule has 0 fully saturated rings. The van der Waals surface area contributed by atoms with Crippen LogP contribution in [0.25, 0.3) is 5.57 Å². The Morgan fingerprint density at radius 1 is 1.33 bits per heavy atom. The maximum Gasteiger partial charge on any atom is 0.338 e. The molecule has 78 valence electrons. The highest BCUT2D eigenvalue weighted by atomic mass is 16.5. The summed E-state index contributed by atoms with van der Waals surface area (Å²) in [5.41, 5.74) is 2.60. The molecular weight excluding hydrogens is 192 g/mol. The Morgan fingerprint density at radius 3 is 2.80 bits per heavy atom. The minimum atomic E-state index is -0.290. The van der Waals surface area contributed by atoms with Crippen molar-refractivity contribution < 1.29 is 14.3 Å². The second kappa shape index (κ2) is 3.77. The van der Waals surface area contributed by atoms with Gasteiger partial charge in [-0.05, 0) is 18.1 Å². The fraction of sp³-hybridized carbons (Fsp3) is 0.250. The highest BCUT2D eigenvalue weighted by Gasteiger charge is 2.22. The highest BCUT2D eigenvalue weighted by molar-refractivity contribution is 6.18. The Labute approximate surface area is 88.3 Å². The first-order chi connectivity index (χ1) is 7.27. The molecule has 0 saturated carbocycles. The number of hydrogen-bond donors (Lipinski definition) is 0. The summed E-state index contributed by atoms with van der Waals surface area (Å²) in [4.78, 5) is 11.4. The van der Waals surface area contributed by atoms with Crippen LogP contribution in [0.2, 0.25) is 0 Å². The van der Waals surface area contributed by atoms with Crippen LogP contribution in [-0.2, 0) is 16.0 Å². The fourth-order valence-electron chi connectivity index (χ4n) is 1.84. The molecule has 0 amide bonds. The van der Waals surface area contributed by atoms with E-state index in [2.05, 4.69) is 0 Å². The van der Waals surface area contributed by atoms with Crippen molar-refractivity contribution in [2.75, 3.05) is 14.2 Å². The van der Waals surface area contributed by atoms with Crippen LogP contribution >= 0.6 is 0 Å². The number of methoxy groups -OCH3 is 2. The number of hydrogen-bond acceptors (Lipinski definition) is 3. The molecular formula is C12H12O3. The fourth-order valence-corrected chi connectivity index (χ4v) is 1.84. The van der Waals surface area contributed by atoms with Gasteiger partial charge in [-0.15, -0.1) is 0 Å². The molecule has 1 aromatic carbocycles. The Balaban J connectivity index is 2.45. The van der Waals surface area contributed by atoms with Gasteiger partial charge in [-0.25, -0.2) is 4.79 Å². The average Bonchev–Trinajstić information content (AvgIpc) is 2.71. The third-order valence-electron chi connectivity index (χ3n) is 2.56. The number of benzene rings is 1. The summed E-state index contributed by atoms with van der Waals surface area (Å²) in [5, 5.41) is 0. The monoisotopic (exact) mass is 204 g/mol. The predicted molar refractivity (Wildman–Crippen MR) is 56.7 cm³/mol. The normalized spacial score (nSPS) is 13.1. The van der Waals surface area contributed by atoms with Crippen LogP contribution in [0.4, 0.5) is 0 Å². The molecule has 1 aliphatic carbocycles.